The number of aromatic hydroxyl groups is 1. The number of hydrogen-bond donors (Lipinski definition) is 2. The van der Waals surface area contributed by atoms with Crippen molar-refractivity contribution in [3.05, 3.63) is 58.9 Å². The minimum Gasteiger partial charge on any atom is -0.508 e. The van der Waals surface area contributed by atoms with Crippen molar-refractivity contribution >= 4 is 11.7 Å². The predicted molar refractivity (Wildman–Crippen MR) is 100 cm³/mol. The molecule has 2 aromatic rings. The molecule has 1 amide bonds. The van der Waals surface area contributed by atoms with Gasteiger partial charge < -0.3 is 10.4 Å². The van der Waals surface area contributed by atoms with Crippen molar-refractivity contribution in [2.24, 2.45) is 0 Å². The predicted octanol–water partition coefficient (Wildman–Crippen LogP) is 3.30. The van der Waals surface area contributed by atoms with Gasteiger partial charge in [-0.1, -0.05) is 5.92 Å². The van der Waals surface area contributed by atoms with Crippen LogP contribution in [0.2, 0.25) is 0 Å². The number of terminal acetylenes is 1. The molecular weight excluding hydrogens is 385 g/mol. The van der Waals surface area contributed by atoms with Crippen molar-refractivity contribution in [1.29, 1.82) is 0 Å². The number of benzene rings is 1. The molecule has 0 aliphatic carbocycles. The maximum atomic E-state index is 12.8. The summed E-state index contributed by atoms with van der Waals surface area (Å²) in [6.45, 7) is 3.28. The van der Waals surface area contributed by atoms with Crippen molar-refractivity contribution in [2.45, 2.75) is 38.4 Å². The van der Waals surface area contributed by atoms with Gasteiger partial charge in [-0.2, -0.15) is 13.2 Å². The van der Waals surface area contributed by atoms with E-state index in [0.717, 1.165) is 18.2 Å². The highest BCUT2D eigenvalue weighted by Gasteiger charge is 2.31. The highest BCUT2D eigenvalue weighted by Crippen LogP contribution is 2.32. The van der Waals surface area contributed by atoms with Crippen LogP contribution in [0.4, 0.5) is 13.2 Å². The van der Waals surface area contributed by atoms with Gasteiger partial charge in [-0.3, -0.25) is 14.6 Å². The number of phenols is 1. The van der Waals surface area contributed by atoms with Crippen molar-refractivity contribution in [3.63, 3.8) is 0 Å². The fraction of sp³-hybridized carbons (Fsp3) is 0.286. The van der Waals surface area contributed by atoms with Crippen LogP contribution in [0.3, 0.4) is 0 Å². The maximum absolute atomic E-state index is 12.8. The monoisotopic (exact) mass is 404 g/mol. The van der Waals surface area contributed by atoms with Gasteiger partial charge in [-0.05, 0) is 49.7 Å². The standard InChI is InChI=1S/C21H19F3N2O3/c1-4-20(2,3)26-19(29)17-10-13(7-8-25-17)9-16(27)12-14-11-15(21(22,23)24)5-6-18(14)28/h1,5-8,10-11,28H,9,12H2,2-3H3,(H,26,29). The Labute approximate surface area is 166 Å². The van der Waals surface area contributed by atoms with Gasteiger partial charge in [0.2, 0.25) is 0 Å². The molecule has 0 aliphatic heterocycles. The molecule has 2 N–H and O–H groups in total. The van der Waals surface area contributed by atoms with Gasteiger partial charge in [0, 0.05) is 24.6 Å². The van der Waals surface area contributed by atoms with Gasteiger partial charge in [0.1, 0.15) is 17.2 Å². The first-order valence-corrected chi connectivity index (χ1v) is 8.57. The van der Waals surface area contributed by atoms with Gasteiger partial charge >= 0.3 is 6.18 Å². The van der Waals surface area contributed by atoms with E-state index in [1.165, 1.54) is 18.3 Å². The van der Waals surface area contributed by atoms with Crippen molar-refractivity contribution in [1.82, 2.24) is 10.3 Å². The number of alkyl halides is 3. The molecule has 8 heteroatoms. The SMILES string of the molecule is C#CC(C)(C)NC(=O)c1cc(CC(=O)Cc2cc(C(F)(F)F)ccc2O)ccn1. The van der Waals surface area contributed by atoms with Crippen LogP contribution in [0.15, 0.2) is 36.5 Å². The Kier molecular flexibility index (Phi) is 6.32. The van der Waals surface area contributed by atoms with Crippen LogP contribution < -0.4 is 5.32 Å². The van der Waals surface area contributed by atoms with Crippen LogP contribution in [0, 0.1) is 12.3 Å². The van der Waals surface area contributed by atoms with Crippen LogP contribution >= 0.6 is 0 Å². The summed E-state index contributed by atoms with van der Waals surface area (Å²) in [7, 11) is 0. The number of phenolic OH excluding ortho intramolecular Hbond substituents is 1. The quantitative estimate of drug-likeness (QED) is 0.724. The number of ketones is 1. The maximum Gasteiger partial charge on any atom is 0.416 e. The number of halogens is 3. The third-order valence-electron chi connectivity index (χ3n) is 4.04. The number of carbonyl (C=O) groups is 2. The molecule has 0 spiro atoms. The highest BCUT2D eigenvalue weighted by molar-refractivity contribution is 5.93. The summed E-state index contributed by atoms with van der Waals surface area (Å²) >= 11 is 0. The molecule has 2 rings (SSSR count). The lowest BCUT2D eigenvalue weighted by atomic mass is 10.00. The molecule has 0 fully saturated rings. The minimum absolute atomic E-state index is 0.0561. The van der Waals surface area contributed by atoms with E-state index < -0.39 is 34.7 Å². The molecule has 1 aromatic heterocycles. The molecule has 0 radical (unpaired) electrons. The number of nitrogens with zero attached hydrogens (tertiary/aromatic N) is 1. The van der Waals surface area contributed by atoms with Gasteiger partial charge in [0.05, 0.1) is 11.1 Å². The second kappa shape index (κ2) is 8.35. The molecule has 0 saturated heterocycles. The Morgan fingerprint density at radius 2 is 1.86 bits per heavy atom. The fourth-order valence-electron chi connectivity index (χ4n) is 2.50. The largest absolute Gasteiger partial charge is 0.508 e. The van der Waals surface area contributed by atoms with E-state index in [1.54, 1.807) is 13.8 Å². The smallest absolute Gasteiger partial charge is 0.416 e. The lowest BCUT2D eigenvalue weighted by molar-refractivity contribution is -0.137. The van der Waals surface area contributed by atoms with Gasteiger partial charge in [0.15, 0.2) is 0 Å². The van der Waals surface area contributed by atoms with Crippen molar-refractivity contribution < 1.29 is 27.9 Å². The fourth-order valence-corrected chi connectivity index (χ4v) is 2.50. The van der Waals surface area contributed by atoms with Crippen molar-refractivity contribution in [3.8, 4) is 18.1 Å². The zero-order chi connectivity index (χ0) is 21.8. The van der Waals surface area contributed by atoms with E-state index in [0.29, 0.717) is 5.56 Å². The molecule has 5 nitrogen and oxygen atoms in total. The Bertz CT molecular complexity index is 976. The molecule has 152 valence electrons. The van der Waals surface area contributed by atoms with Crippen LogP contribution in [-0.2, 0) is 23.8 Å². The molecule has 0 aliphatic rings. The highest BCUT2D eigenvalue weighted by atomic mass is 19.4. The molecule has 29 heavy (non-hydrogen) atoms. The van der Waals surface area contributed by atoms with Gasteiger partial charge in [-0.15, -0.1) is 6.42 Å². The number of nitrogens with one attached hydrogen (secondary N) is 1. The molecule has 1 aromatic carbocycles. The molecule has 0 unspecified atom stereocenters. The Morgan fingerprint density at radius 3 is 2.48 bits per heavy atom. The summed E-state index contributed by atoms with van der Waals surface area (Å²) in [5.74, 6) is 1.08. The minimum atomic E-state index is -4.58. The van der Waals surface area contributed by atoms with E-state index >= 15 is 0 Å². The molecule has 1 heterocycles. The lowest BCUT2D eigenvalue weighted by Gasteiger charge is -2.19. The first-order valence-electron chi connectivity index (χ1n) is 8.57. The van der Waals surface area contributed by atoms with E-state index in [4.69, 9.17) is 6.42 Å². The summed E-state index contributed by atoms with van der Waals surface area (Å²) < 4.78 is 38.5. The first-order chi connectivity index (χ1) is 13.4. The third kappa shape index (κ3) is 6.07. The zero-order valence-corrected chi connectivity index (χ0v) is 15.8. The number of carbonyl (C=O) groups excluding carboxylic acids is 2. The molecular formula is C21H19F3N2O3. The number of rotatable bonds is 6. The van der Waals surface area contributed by atoms with Crippen LogP contribution in [0.1, 0.15) is 41.0 Å². The average Bonchev–Trinajstić information content (AvgIpc) is 2.62. The number of Topliss-reactive ketones (excluding diaryl/α,β-unsaturated/α-hetero) is 1. The Morgan fingerprint density at radius 1 is 1.17 bits per heavy atom. The van der Waals surface area contributed by atoms with Crippen LogP contribution in [0.25, 0.3) is 0 Å². The number of amides is 1. The topological polar surface area (TPSA) is 79.3 Å². The summed E-state index contributed by atoms with van der Waals surface area (Å²) in [6, 6.07) is 5.34. The summed E-state index contributed by atoms with van der Waals surface area (Å²) in [5.41, 5.74) is -1.43. The Balaban J connectivity index is 2.13. The molecule has 0 bridgehead atoms. The third-order valence-corrected chi connectivity index (χ3v) is 4.04. The summed E-state index contributed by atoms with van der Waals surface area (Å²) in [4.78, 5) is 28.5. The lowest BCUT2D eigenvalue weighted by Crippen LogP contribution is -2.42. The van der Waals surface area contributed by atoms with E-state index in [2.05, 4.69) is 16.2 Å². The van der Waals surface area contributed by atoms with E-state index in [1.807, 2.05) is 0 Å². The van der Waals surface area contributed by atoms with Crippen molar-refractivity contribution in [2.75, 3.05) is 0 Å². The van der Waals surface area contributed by atoms with Crippen LogP contribution in [0.5, 0.6) is 5.75 Å². The second-order valence-corrected chi connectivity index (χ2v) is 7.01. The summed E-state index contributed by atoms with van der Waals surface area (Å²) in [5, 5.41) is 12.4. The zero-order valence-electron chi connectivity index (χ0n) is 15.8. The first kappa shape index (κ1) is 22.0. The van der Waals surface area contributed by atoms with E-state index in [9.17, 15) is 27.9 Å². The van der Waals surface area contributed by atoms with E-state index in [-0.39, 0.29) is 24.1 Å². The summed E-state index contributed by atoms with van der Waals surface area (Å²) in [6.07, 6.45) is 1.57. The van der Waals surface area contributed by atoms with Gasteiger partial charge in [0.25, 0.3) is 5.91 Å². The number of pyridine rings is 1. The normalized spacial score (nSPS) is 11.6. The second-order valence-electron chi connectivity index (χ2n) is 7.01. The molecule has 0 atom stereocenters. The molecule has 0 saturated carbocycles. The number of aromatic nitrogens is 1. The van der Waals surface area contributed by atoms with Gasteiger partial charge in [-0.25, -0.2) is 0 Å². The average molecular weight is 404 g/mol. The number of hydrogen-bond acceptors (Lipinski definition) is 4. The Hall–Kier alpha value is -3.34. The van der Waals surface area contributed by atoms with Crippen LogP contribution in [-0.4, -0.2) is 27.3 Å².